The summed E-state index contributed by atoms with van der Waals surface area (Å²) >= 11 is 0. The van der Waals surface area contributed by atoms with Gasteiger partial charge in [0.05, 0.1) is 36.5 Å². The number of carbonyl (C=O) groups excluding carboxylic acids is 2. The zero-order valence-corrected chi connectivity index (χ0v) is 23.8. The number of nitrogens with zero attached hydrogens (tertiary/aromatic N) is 4. The minimum absolute atomic E-state index is 0.00379. The lowest BCUT2D eigenvalue weighted by Gasteiger charge is -2.29. The van der Waals surface area contributed by atoms with Gasteiger partial charge < -0.3 is 25.0 Å². The number of carbonyl (C=O) groups is 2. The topological polar surface area (TPSA) is 110 Å². The van der Waals surface area contributed by atoms with E-state index in [-0.39, 0.29) is 35.0 Å². The van der Waals surface area contributed by atoms with Crippen molar-refractivity contribution in [3.05, 3.63) is 113 Å². The Morgan fingerprint density at radius 3 is 2.49 bits per heavy atom. The number of benzodiazepines with no additional fused rings is 1. The molecule has 0 bridgehead atoms. The third-order valence-corrected chi connectivity index (χ3v) is 7.65. The third-order valence-electron chi connectivity index (χ3n) is 7.65. The van der Waals surface area contributed by atoms with Crippen LogP contribution in [0.5, 0.6) is 5.88 Å². The van der Waals surface area contributed by atoms with Crippen LogP contribution in [0.2, 0.25) is 0 Å². The zero-order valence-electron chi connectivity index (χ0n) is 23.8. The zero-order chi connectivity index (χ0) is 30.9. The number of para-hydroxylation sites is 1. The predicted molar refractivity (Wildman–Crippen MR) is 162 cm³/mol. The van der Waals surface area contributed by atoms with Crippen LogP contribution in [0.4, 0.5) is 14.5 Å². The van der Waals surface area contributed by atoms with E-state index in [1.165, 1.54) is 41.2 Å². The monoisotopic (exact) mass is 608 g/mol. The quantitative estimate of drug-likeness (QED) is 0.331. The summed E-state index contributed by atoms with van der Waals surface area (Å²) in [6, 6.07) is 19.2. The number of morpholine rings is 1. The van der Waals surface area contributed by atoms with Gasteiger partial charge in [-0.15, -0.1) is 0 Å². The van der Waals surface area contributed by atoms with Gasteiger partial charge in [0.1, 0.15) is 29.5 Å². The largest absolute Gasteiger partial charge is 0.470 e. The maximum Gasteiger partial charge on any atom is 0.269 e. The van der Waals surface area contributed by atoms with E-state index in [1.807, 2.05) is 6.07 Å². The van der Waals surface area contributed by atoms with Crippen LogP contribution >= 0.6 is 0 Å². The van der Waals surface area contributed by atoms with E-state index in [0.29, 0.717) is 43.1 Å². The minimum Gasteiger partial charge on any atom is -0.470 e. The highest BCUT2D eigenvalue weighted by atomic mass is 19.1. The third kappa shape index (κ3) is 5.37. The molecule has 0 saturated carbocycles. The van der Waals surface area contributed by atoms with E-state index in [2.05, 4.69) is 31.4 Å². The van der Waals surface area contributed by atoms with Crippen LogP contribution < -0.4 is 15.4 Å². The van der Waals surface area contributed by atoms with Crippen molar-refractivity contribution in [3.63, 3.8) is 0 Å². The fourth-order valence-corrected chi connectivity index (χ4v) is 5.44. The summed E-state index contributed by atoms with van der Waals surface area (Å²) in [6.45, 7) is 2.48. The molecule has 0 radical (unpaired) electrons. The molecular weight excluding hydrogens is 582 g/mol. The Labute approximate surface area is 256 Å². The second kappa shape index (κ2) is 11.8. The fraction of sp³-hybridized carbons (Fsp3) is 0.182. The van der Waals surface area contributed by atoms with Crippen molar-refractivity contribution >= 4 is 29.4 Å². The molecule has 0 aliphatic carbocycles. The number of benzene rings is 3. The van der Waals surface area contributed by atoms with Crippen molar-refractivity contribution in [2.24, 2.45) is 4.99 Å². The van der Waals surface area contributed by atoms with E-state index in [4.69, 9.17) is 9.47 Å². The SMILES string of the molecule is O=C(N[C@H]1N=C(c2ccccc2)c2cccc(F)c2NC1=O)c1c(-c2ccccc2F)nn2c1OCC(N1CCOCC1)=C=C2. The molecule has 2 amide bonds. The van der Waals surface area contributed by atoms with Crippen molar-refractivity contribution in [1.82, 2.24) is 20.0 Å². The predicted octanol–water partition coefficient (Wildman–Crippen LogP) is 4.05. The second-order valence-corrected chi connectivity index (χ2v) is 10.4. The highest BCUT2D eigenvalue weighted by Crippen LogP contribution is 2.34. The first-order chi connectivity index (χ1) is 22.0. The Morgan fingerprint density at radius 1 is 0.956 bits per heavy atom. The van der Waals surface area contributed by atoms with Crippen LogP contribution in [-0.4, -0.2) is 71.3 Å². The number of halogens is 2. The summed E-state index contributed by atoms with van der Waals surface area (Å²) in [7, 11) is 0. The average Bonchev–Trinajstić information content (AvgIpc) is 3.20. The smallest absolute Gasteiger partial charge is 0.269 e. The molecule has 1 fully saturated rings. The van der Waals surface area contributed by atoms with Crippen molar-refractivity contribution in [2.75, 3.05) is 38.2 Å². The van der Waals surface area contributed by atoms with E-state index < -0.39 is 29.6 Å². The molecule has 1 atom stereocenters. The summed E-state index contributed by atoms with van der Waals surface area (Å²) in [6.07, 6.45) is 0.0457. The van der Waals surface area contributed by atoms with Crippen LogP contribution in [0.1, 0.15) is 21.5 Å². The molecule has 3 aliphatic heterocycles. The normalized spacial score (nSPS) is 17.5. The first-order valence-electron chi connectivity index (χ1n) is 14.3. The average molecular weight is 609 g/mol. The number of hydrogen-bond donors (Lipinski definition) is 2. The lowest BCUT2D eigenvalue weighted by Crippen LogP contribution is -2.42. The van der Waals surface area contributed by atoms with Crippen molar-refractivity contribution in [3.8, 4) is 17.1 Å². The van der Waals surface area contributed by atoms with E-state index in [9.17, 15) is 14.0 Å². The number of amides is 2. The van der Waals surface area contributed by atoms with Crippen molar-refractivity contribution < 1.29 is 27.8 Å². The van der Waals surface area contributed by atoms with Gasteiger partial charge in [-0.25, -0.2) is 13.8 Å². The molecule has 0 spiro atoms. The fourth-order valence-electron chi connectivity index (χ4n) is 5.44. The highest BCUT2D eigenvalue weighted by molar-refractivity contribution is 6.20. The van der Waals surface area contributed by atoms with Gasteiger partial charge in [-0.2, -0.15) is 9.78 Å². The summed E-state index contributed by atoms with van der Waals surface area (Å²) in [5.41, 5.74) is 5.10. The number of rotatable bonds is 5. The Hall–Kier alpha value is -5.58. The summed E-state index contributed by atoms with van der Waals surface area (Å²) in [4.78, 5) is 34.2. The first kappa shape index (κ1) is 28.2. The van der Waals surface area contributed by atoms with E-state index >= 15 is 4.39 Å². The highest BCUT2D eigenvalue weighted by Gasteiger charge is 2.34. The Balaban J connectivity index is 1.30. The minimum atomic E-state index is -1.48. The molecule has 1 saturated heterocycles. The maximum absolute atomic E-state index is 15.1. The molecule has 4 aromatic rings. The second-order valence-electron chi connectivity index (χ2n) is 10.4. The Kier molecular flexibility index (Phi) is 7.42. The molecule has 12 heteroatoms. The van der Waals surface area contributed by atoms with Gasteiger partial charge in [0.2, 0.25) is 12.0 Å². The molecule has 0 unspecified atom stereocenters. The summed E-state index contributed by atoms with van der Waals surface area (Å²) < 4.78 is 42.9. The number of nitrogens with one attached hydrogen (secondary N) is 2. The van der Waals surface area contributed by atoms with Crippen molar-refractivity contribution in [2.45, 2.75) is 6.17 Å². The molecule has 2 N–H and O–H groups in total. The van der Waals surface area contributed by atoms with Gasteiger partial charge in [-0.1, -0.05) is 60.3 Å². The Morgan fingerprint density at radius 2 is 1.69 bits per heavy atom. The van der Waals surface area contributed by atoms with Gasteiger partial charge >= 0.3 is 0 Å². The number of aliphatic imine (C=N–C) groups is 1. The standard InChI is InChI=1S/C33H26F2N6O4/c34-24-11-5-4-9-22(24)29-26(33-41(39-29)14-13-21(19-45-33)40-15-17-44-18-16-40)31(42)38-30-32(43)37-28-23(10-6-12-25(28)35)27(36-30)20-7-2-1-3-8-20/h1-12,14,30H,15-19H2,(H,37,43)(H,38,42)/t30-/m1/s1. The number of ether oxygens (including phenoxy) is 2. The molecule has 3 aromatic carbocycles. The van der Waals surface area contributed by atoms with Crippen LogP contribution in [0.25, 0.3) is 17.5 Å². The van der Waals surface area contributed by atoms with Crippen LogP contribution in [-0.2, 0) is 9.53 Å². The van der Waals surface area contributed by atoms with Crippen LogP contribution in [0.15, 0.2) is 89.2 Å². The summed E-state index contributed by atoms with van der Waals surface area (Å²) in [5, 5.41) is 9.74. The molecule has 4 heterocycles. The number of fused-ring (bicyclic) bond motifs is 2. The molecule has 226 valence electrons. The van der Waals surface area contributed by atoms with Crippen molar-refractivity contribution in [1.29, 1.82) is 0 Å². The molecule has 10 nitrogen and oxygen atoms in total. The lowest BCUT2D eigenvalue weighted by molar-refractivity contribution is -0.117. The van der Waals surface area contributed by atoms with Gasteiger partial charge in [0.25, 0.3) is 11.8 Å². The number of hydrogen-bond acceptors (Lipinski definition) is 7. The number of aromatic nitrogens is 2. The lowest BCUT2D eigenvalue weighted by atomic mass is 10.0. The molecular formula is C33H26F2N6O4. The summed E-state index contributed by atoms with van der Waals surface area (Å²) in [5.74, 6) is -2.76. The maximum atomic E-state index is 15.1. The van der Waals surface area contributed by atoms with Crippen LogP contribution in [0, 0.1) is 11.6 Å². The van der Waals surface area contributed by atoms with Gasteiger partial charge in [-0.3, -0.25) is 9.59 Å². The Bertz CT molecular complexity index is 1910. The molecule has 45 heavy (non-hydrogen) atoms. The van der Waals surface area contributed by atoms with Crippen LogP contribution in [0.3, 0.4) is 0 Å². The van der Waals surface area contributed by atoms with Gasteiger partial charge in [0.15, 0.2) is 0 Å². The van der Waals surface area contributed by atoms with E-state index in [1.54, 1.807) is 36.4 Å². The molecule has 3 aliphatic rings. The van der Waals surface area contributed by atoms with Gasteiger partial charge in [0, 0.05) is 29.8 Å². The first-order valence-corrected chi connectivity index (χ1v) is 14.3. The molecule has 1 aromatic heterocycles. The number of anilines is 1. The molecule has 7 rings (SSSR count). The van der Waals surface area contributed by atoms with E-state index in [0.717, 1.165) is 5.70 Å². The van der Waals surface area contributed by atoms with Gasteiger partial charge in [-0.05, 0) is 18.2 Å².